The minimum atomic E-state index is 0.737. The summed E-state index contributed by atoms with van der Waals surface area (Å²) in [6.45, 7) is 7.40. The second kappa shape index (κ2) is 9.68. The highest BCUT2D eigenvalue weighted by Gasteiger charge is 2.01. The Balaban J connectivity index is 2.20. The first kappa shape index (κ1) is 14.7. The average Bonchev–Trinajstić information content (AvgIpc) is 2.40. The fourth-order valence-electron chi connectivity index (χ4n) is 1.74. The van der Waals surface area contributed by atoms with Gasteiger partial charge in [-0.1, -0.05) is 24.3 Å². The maximum absolute atomic E-state index is 5.79. The molecule has 1 aromatic rings. The number of hydrogen-bond acceptors (Lipinski definition) is 2. The molecule has 100 valence electrons. The SMILES string of the molecule is C=CCc1ccccc1OCC[NH2+]CCCOC. The van der Waals surface area contributed by atoms with Gasteiger partial charge in [0.1, 0.15) is 18.9 Å². The third kappa shape index (κ3) is 5.84. The molecule has 0 spiro atoms. The first-order valence-electron chi connectivity index (χ1n) is 6.50. The van der Waals surface area contributed by atoms with E-state index in [-0.39, 0.29) is 0 Å². The minimum Gasteiger partial charge on any atom is -0.487 e. The maximum atomic E-state index is 5.79. The molecule has 3 heteroatoms. The molecule has 0 aliphatic heterocycles. The summed E-state index contributed by atoms with van der Waals surface area (Å²) in [6, 6.07) is 8.13. The standard InChI is InChI=1S/C15H23NO2/c1-3-7-14-8-4-5-9-15(14)18-13-11-16-10-6-12-17-2/h3-5,8-9,16H,1,6-7,10-13H2,2H3/p+1. The van der Waals surface area contributed by atoms with Gasteiger partial charge in [0.2, 0.25) is 0 Å². The van der Waals surface area contributed by atoms with Gasteiger partial charge in [0, 0.05) is 13.5 Å². The molecule has 3 nitrogen and oxygen atoms in total. The monoisotopic (exact) mass is 250 g/mol. The molecule has 18 heavy (non-hydrogen) atoms. The highest BCUT2D eigenvalue weighted by atomic mass is 16.5. The van der Waals surface area contributed by atoms with E-state index in [1.54, 1.807) is 7.11 Å². The van der Waals surface area contributed by atoms with E-state index in [9.17, 15) is 0 Å². The van der Waals surface area contributed by atoms with Crippen LogP contribution in [0.1, 0.15) is 12.0 Å². The third-order valence-corrected chi connectivity index (χ3v) is 2.67. The summed E-state index contributed by atoms with van der Waals surface area (Å²) < 4.78 is 10.8. The molecular formula is C15H24NO2+. The Morgan fingerprint density at radius 1 is 1.22 bits per heavy atom. The Bertz CT molecular complexity index is 339. The lowest BCUT2D eigenvalue weighted by Crippen LogP contribution is -2.85. The Morgan fingerprint density at radius 3 is 2.83 bits per heavy atom. The Hall–Kier alpha value is -1.32. The van der Waals surface area contributed by atoms with Crippen molar-refractivity contribution in [3.05, 3.63) is 42.5 Å². The van der Waals surface area contributed by atoms with Crippen LogP contribution in [0.2, 0.25) is 0 Å². The van der Waals surface area contributed by atoms with Gasteiger partial charge in [-0.3, -0.25) is 0 Å². The van der Waals surface area contributed by atoms with Crippen LogP contribution < -0.4 is 10.1 Å². The molecule has 0 aliphatic rings. The second-order valence-corrected chi connectivity index (χ2v) is 4.16. The summed E-state index contributed by atoms with van der Waals surface area (Å²) in [7, 11) is 1.74. The zero-order valence-corrected chi connectivity index (χ0v) is 11.2. The molecule has 0 aromatic heterocycles. The summed E-state index contributed by atoms with van der Waals surface area (Å²) >= 11 is 0. The van der Waals surface area contributed by atoms with Crippen molar-refractivity contribution >= 4 is 0 Å². The van der Waals surface area contributed by atoms with Crippen LogP contribution in [0.3, 0.4) is 0 Å². The van der Waals surface area contributed by atoms with Crippen LogP contribution in [0, 0.1) is 0 Å². The molecule has 1 aromatic carbocycles. The average molecular weight is 250 g/mol. The van der Waals surface area contributed by atoms with Gasteiger partial charge in [-0.2, -0.15) is 0 Å². The predicted molar refractivity (Wildman–Crippen MR) is 74.0 cm³/mol. The molecule has 0 fully saturated rings. The number of benzene rings is 1. The number of nitrogens with two attached hydrogens (primary N) is 1. The van der Waals surface area contributed by atoms with Crippen molar-refractivity contribution in [1.29, 1.82) is 0 Å². The molecule has 0 radical (unpaired) electrons. The topological polar surface area (TPSA) is 35.1 Å². The van der Waals surface area contributed by atoms with E-state index in [1.807, 2.05) is 24.3 Å². The number of allylic oxidation sites excluding steroid dienone is 1. The lowest BCUT2D eigenvalue weighted by atomic mass is 10.1. The number of methoxy groups -OCH3 is 1. The van der Waals surface area contributed by atoms with Crippen molar-refractivity contribution in [2.75, 3.05) is 33.4 Å². The molecule has 0 heterocycles. The van der Waals surface area contributed by atoms with Crippen LogP contribution in [0.4, 0.5) is 0 Å². The molecule has 2 N–H and O–H groups in total. The lowest BCUT2D eigenvalue weighted by molar-refractivity contribution is -0.655. The molecular weight excluding hydrogens is 226 g/mol. The molecule has 0 unspecified atom stereocenters. The highest BCUT2D eigenvalue weighted by molar-refractivity contribution is 5.34. The van der Waals surface area contributed by atoms with Gasteiger partial charge in [0.05, 0.1) is 13.2 Å². The van der Waals surface area contributed by atoms with Crippen molar-refractivity contribution < 1.29 is 14.8 Å². The van der Waals surface area contributed by atoms with Crippen LogP contribution >= 0.6 is 0 Å². The molecule has 0 aliphatic carbocycles. The summed E-state index contributed by atoms with van der Waals surface area (Å²) in [4.78, 5) is 0. The zero-order valence-electron chi connectivity index (χ0n) is 11.2. The van der Waals surface area contributed by atoms with Crippen molar-refractivity contribution in [1.82, 2.24) is 0 Å². The van der Waals surface area contributed by atoms with Gasteiger partial charge in [-0.05, 0) is 18.1 Å². The molecule has 0 saturated carbocycles. The Morgan fingerprint density at radius 2 is 2.06 bits per heavy atom. The molecule has 1 rings (SSSR count). The van der Waals surface area contributed by atoms with Crippen molar-refractivity contribution in [3.8, 4) is 5.75 Å². The van der Waals surface area contributed by atoms with E-state index in [1.165, 1.54) is 5.56 Å². The second-order valence-electron chi connectivity index (χ2n) is 4.16. The summed E-state index contributed by atoms with van der Waals surface area (Å²) in [5.41, 5.74) is 1.20. The number of para-hydroxylation sites is 1. The van der Waals surface area contributed by atoms with E-state index in [2.05, 4.69) is 18.0 Å². The minimum absolute atomic E-state index is 0.737. The summed E-state index contributed by atoms with van der Waals surface area (Å²) in [6.07, 6.45) is 3.84. The first-order chi connectivity index (χ1) is 8.88. The van der Waals surface area contributed by atoms with Crippen LogP contribution in [-0.2, 0) is 11.2 Å². The van der Waals surface area contributed by atoms with Crippen LogP contribution in [0.25, 0.3) is 0 Å². The van der Waals surface area contributed by atoms with E-state index < -0.39 is 0 Å². The normalized spacial score (nSPS) is 10.3. The van der Waals surface area contributed by atoms with E-state index >= 15 is 0 Å². The van der Waals surface area contributed by atoms with Gasteiger partial charge in [-0.25, -0.2) is 0 Å². The molecule has 0 amide bonds. The van der Waals surface area contributed by atoms with Gasteiger partial charge >= 0.3 is 0 Å². The molecule has 0 atom stereocenters. The Kier molecular flexibility index (Phi) is 7.93. The lowest BCUT2D eigenvalue weighted by Gasteiger charge is -2.09. The summed E-state index contributed by atoms with van der Waals surface area (Å²) in [5, 5.41) is 2.26. The smallest absolute Gasteiger partial charge is 0.137 e. The molecule has 0 bridgehead atoms. The van der Waals surface area contributed by atoms with Crippen LogP contribution in [0.15, 0.2) is 36.9 Å². The Labute approximate surface area is 110 Å². The van der Waals surface area contributed by atoms with Crippen molar-refractivity contribution in [2.45, 2.75) is 12.8 Å². The van der Waals surface area contributed by atoms with E-state index in [0.717, 1.165) is 44.9 Å². The van der Waals surface area contributed by atoms with Gasteiger partial charge in [-0.15, -0.1) is 6.58 Å². The number of ether oxygens (including phenoxy) is 2. The zero-order chi connectivity index (χ0) is 13.1. The van der Waals surface area contributed by atoms with Gasteiger partial charge in [0.15, 0.2) is 0 Å². The van der Waals surface area contributed by atoms with Gasteiger partial charge in [0.25, 0.3) is 0 Å². The quantitative estimate of drug-likeness (QED) is 0.503. The van der Waals surface area contributed by atoms with E-state index in [4.69, 9.17) is 9.47 Å². The van der Waals surface area contributed by atoms with Gasteiger partial charge < -0.3 is 14.8 Å². The number of rotatable bonds is 10. The highest BCUT2D eigenvalue weighted by Crippen LogP contribution is 2.18. The third-order valence-electron chi connectivity index (χ3n) is 2.67. The number of quaternary nitrogens is 1. The van der Waals surface area contributed by atoms with E-state index in [0.29, 0.717) is 0 Å². The first-order valence-corrected chi connectivity index (χ1v) is 6.50. The van der Waals surface area contributed by atoms with Crippen molar-refractivity contribution in [2.24, 2.45) is 0 Å². The van der Waals surface area contributed by atoms with Crippen LogP contribution in [0.5, 0.6) is 5.75 Å². The van der Waals surface area contributed by atoms with Crippen LogP contribution in [-0.4, -0.2) is 33.4 Å². The number of hydrogen-bond donors (Lipinski definition) is 1. The fraction of sp³-hybridized carbons (Fsp3) is 0.467. The maximum Gasteiger partial charge on any atom is 0.137 e. The fourth-order valence-corrected chi connectivity index (χ4v) is 1.74. The largest absolute Gasteiger partial charge is 0.487 e. The molecule has 0 saturated heterocycles. The predicted octanol–water partition coefficient (Wildman–Crippen LogP) is 1.39. The summed E-state index contributed by atoms with van der Waals surface area (Å²) in [5.74, 6) is 0.975. The van der Waals surface area contributed by atoms with Crippen molar-refractivity contribution in [3.63, 3.8) is 0 Å².